The maximum Gasteiger partial charge on any atom is 0.422 e. The van der Waals surface area contributed by atoms with Gasteiger partial charge in [-0.25, -0.2) is 4.98 Å². The van der Waals surface area contributed by atoms with Crippen LogP contribution in [0.25, 0.3) is 0 Å². The van der Waals surface area contributed by atoms with Crippen LogP contribution in [0.5, 0.6) is 11.6 Å². The van der Waals surface area contributed by atoms with Crippen molar-refractivity contribution in [2.45, 2.75) is 6.18 Å². The molecule has 0 bridgehead atoms. The van der Waals surface area contributed by atoms with E-state index in [1.54, 1.807) is 24.3 Å². The van der Waals surface area contributed by atoms with E-state index in [-0.39, 0.29) is 24.0 Å². The van der Waals surface area contributed by atoms with Crippen LogP contribution in [0.2, 0.25) is 0 Å². The summed E-state index contributed by atoms with van der Waals surface area (Å²) in [5, 5.41) is 2.58. The number of nitrogens with zero attached hydrogens (tertiary/aromatic N) is 1. The molecule has 0 spiro atoms. The molecule has 0 fully saturated rings. The van der Waals surface area contributed by atoms with E-state index < -0.39 is 18.7 Å². The summed E-state index contributed by atoms with van der Waals surface area (Å²) >= 11 is 0. The molecule has 0 aliphatic rings. The Kier molecular flexibility index (Phi) is 8.14. The number of nitrogens with two attached hydrogens (primary N) is 1. The van der Waals surface area contributed by atoms with E-state index in [4.69, 9.17) is 10.5 Å². The van der Waals surface area contributed by atoms with Crippen molar-refractivity contribution in [1.29, 1.82) is 0 Å². The molecule has 1 aromatic heterocycles. The highest BCUT2D eigenvalue weighted by Gasteiger charge is 2.28. The van der Waals surface area contributed by atoms with Crippen molar-refractivity contribution < 1.29 is 27.4 Å². The summed E-state index contributed by atoms with van der Waals surface area (Å²) in [6.07, 6.45) is -4.48. The van der Waals surface area contributed by atoms with E-state index >= 15 is 0 Å². The first kappa shape index (κ1) is 21.5. The molecular formula is C16H17ClF3N3O3. The van der Waals surface area contributed by atoms with Crippen molar-refractivity contribution in [2.75, 3.05) is 25.1 Å². The molecule has 10 heteroatoms. The minimum atomic E-state index is -4.48. The normalized spacial score (nSPS) is 10.6. The fourth-order valence-corrected chi connectivity index (χ4v) is 1.78. The van der Waals surface area contributed by atoms with Crippen molar-refractivity contribution in [2.24, 2.45) is 5.73 Å². The van der Waals surface area contributed by atoms with E-state index in [0.29, 0.717) is 24.6 Å². The van der Waals surface area contributed by atoms with Crippen LogP contribution >= 0.6 is 12.4 Å². The molecule has 1 aromatic carbocycles. The third-order valence-electron chi connectivity index (χ3n) is 2.84. The third-order valence-corrected chi connectivity index (χ3v) is 2.84. The van der Waals surface area contributed by atoms with Crippen molar-refractivity contribution in [3.8, 4) is 11.6 Å². The Hall–Kier alpha value is -2.52. The Balaban J connectivity index is 0.00000338. The highest BCUT2D eigenvalue weighted by Crippen LogP contribution is 2.18. The monoisotopic (exact) mass is 391 g/mol. The van der Waals surface area contributed by atoms with E-state index in [9.17, 15) is 18.0 Å². The molecule has 3 N–H and O–H groups in total. The summed E-state index contributed by atoms with van der Waals surface area (Å²) in [7, 11) is 0. The number of carbonyl (C=O) groups excluding carboxylic acids is 1. The zero-order valence-corrected chi connectivity index (χ0v) is 14.3. The van der Waals surface area contributed by atoms with Gasteiger partial charge in [0.05, 0.1) is 0 Å². The maximum atomic E-state index is 12.1. The first-order valence-electron chi connectivity index (χ1n) is 7.28. The molecule has 1 heterocycles. The first-order chi connectivity index (χ1) is 11.9. The van der Waals surface area contributed by atoms with Crippen molar-refractivity contribution in [3.05, 3.63) is 48.2 Å². The zero-order chi connectivity index (χ0) is 18.3. The predicted molar refractivity (Wildman–Crippen MR) is 92.0 cm³/mol. The second kappa shape index (κ2) is 9.83. The molecule has 6 nitrogen and oxygen atoms in total. The molecule has 0 aliphatic heterocycles. The largest absolute Gasteiger partial charge is 0.492 e. The van der Waals surface area contributed by atoms with Gasteiger partial charge in [0.15, 0.2) is 6.61 Å². The number of aromatic nitrogens is 1. The second-order valence-corrected chi connectivity index (χ2v) is 4.88. The number of hydrogen-bond acceptors (Lipinski definition) is 5. The van der Waals surface area contributed by atoms with Crippen LogP contribution in [0.3, 0.4) is 0 Å². The van der Waals surface area contributed by atoms with Crippen LogP contribution in [0.1, 0.15) is 10.5 Å². The lowest BCUT2D eigenvalue weighted by molar-refractivity contribution is -0.154. The van der Waals surface area contributed by atoms with Gasteiger partial charge in [0.2, 0.25) is 5.88 Å². The van der Waals surface area contributed by atoms with Crippen LogP contribution in [0, 0.1) is 0 Å². The smallest absolute Gasteiger partial charge is 0.422 e. The van der Waals surface area contributed by atoms with Gasteiger partial charge in [-0.2, -0.15) is 13.2 Å². The number of pyridine rings is 1. The number of nitrogens with one attached hydrogen (secondary N) is 1. The van der Waals surface area contributed by atoms with Gasteiger partial charge in [0.25, 0.3) is 5.91 Å². The SMILES string of the molecule is Cl.NCCOc1ccc(NC(=O)c2cccc(OCC(F)(F)F)n2)cc1. The highest BCUT2D eigenvalue weighted by atomic mass is 35.5. The average Bonchev–Trinajstić information content (AvgIpc) is 2.59. The van der Waals surface area contributed by atoms with Crippen molar-refractivity contribution in [3.63, 3.8) is 0 Å². The number of alkyl halides is 3. The van der Waals surface area contributed by atoms with Crippen molar-refractivity contribution >= 4 is 24.0 Å². The number of carbonyl (C=O) groups is 1. The van der Waals surface area contributed by atoms with Crippen LogP contribution in [-0.2, 0) is 0 Å². The van der Waals surface area contributed by atoms with Gasteiger partial charge in [-0.3, -0.25) is 4.79 Å². The first-order valence-corrected chi connectivity index (χ1v) is 7.28. The Morgan fingerprint density at radius 1 is 1.12 bits per heavy atom. The zero-order valence-electron chi connectivity index (χ0n) is 13.5. The van der Waals surface area contributed by atoms with Gasteiger partial charge in [0, 0.05) is 18.3 Å². The summed E-state index contributed by atoms with van der Waals surface area (Å²) in [4.78, 5) is 15.9. The van der Waals surface area contributed by atoms with Gasteiger partial charge < -0.3 is 20.5 Å². The number of amides is 1. The molecule has 26 heavy (non-hydrogen) atoms. The number of halogens is 4. The maximum absolute atomic E-state index is 12.1. The minimum absolute atomic E-state index is 0. The molecule has 0 atom stereocenters. The van der Waals surface area contributed by atoms with E-state index in [0.717, 1.165) is 0 Å². The molecule has 142 valence electrons. The predicted octanol–water partition coefficient (Wildman–Crippen LogP) is 3.03. The van der Waals surface area contributed by atoms with Crippen LogP contribution < -0.4 is 20.5 Å². The Morgan fingerprint density at radius 2 is 1.81 bits per heavy atom. The number of rotatable bonds is 7. The molecule has 1 amide bonds. The molecule has 0 radical (unpaired) electrons. The number of hydrogen-bond donors (Lipinski definition) is 2. The summed E-state index contributed by atoms with van der Waals surface area (Å²) in [6, 6.07) is 10.5. The molecular weight excluding hydrogens is 375 g/mol. The van der Waals surface area contributed by atoms with Gasteiger partial charge in [-0.15, -0.1) is 12.4 Å². The summed E-state index contributed by atoms with van der Waals surface area (Å²) in [5.41, 5.74) is 5.75. The molecule has 0 aliphatic carbocycles. The van der Waals surface area contributed by atoms with Crippen molar-refractivity contribution in [1.82, 2.24) is 4.98 Å². The lowest BCUT2D eigenvalue weighted by atomic mass is 10.2. The van der Waals surface area contributed by atoms with E-state index in [1.807, 2.05) is 0 Å². The Bertz CT molecular complexity index is 712. The molecule has 2 aromatic rings. The fraction of sp³-hybridized carbons (Fsp3) is 0.250. The van der Waals surface area contributed by atoms with Gasteiger partial charge in [-0.05, 0) is 30.3 Å². The van der Waals surface area contributed by atoms with Crippen LogP contribution in [0.4, 0.5) is 18.9 Å². The minimum Gasteiger partial charge on any atom is -0.492 e. The average molecular weight is 392 g/mol. The number of ether oxygens (including phenoxy) is 2. The molecule has 0 saturated heterocycles. The van der Waals surface area contributed by atoms with Gasteiger partial charge in [-0.1, -0.05) is 6.07 Å². The standard InChI is InChI=1S/C16H16F3N3O3.ClH/c17-16(18,19)10-25-14-3-1-2-13(22-14)15(23)21-11-4-6-12(7-5-11)24-9-8-20;/h1-7H,8-10,20H2,(H,21,23);1H. The lowest BCUT2D eigenvalue weighted by Crippen LogP contribution is -2.20. The van der Waals surface area contributed by atoms with E-state index in [2.05, 4.69) is 15.0 Å². The highest BCUT2D eigenvalue weighted by molar-refractivity contribution is 6.02. The van der Waals surface area contributed by atoms with Crippen LogP contribution in [0.15, 0.2) is 42.5 Å². The molecule has 0 unspecified atom stereocenters. The number of benzene rings is 1. The van der Waals surface area contributed by atoms with Gasteiger partial charge >= 0.3 is 6.18 Å². The van der Waals surface area contributed by atoms with Gasteiger partial charge in [0.1, 0.15) is 18.1 Å². The quantitative estimate of drug-likeness (QED) is 0.757. The topological polar surface area (TPSA) is 86.5 Å². The third kappa shape index (κ3) is 7.16. The summed E-state index contributed by atoms with van der Waals surface area (Å²) in [6.45, 7) is -0.716. The summed E-state index contributed by atoms with van der Waals surface area (Å²) < 4.78 is 46.3. The second-order valence-electron chi connectivity index (χ2n) is 4.88. The summed E-state index contributed by atoms with van der Waals surface area (Å²) in [5.74, 6) is -0.257. The molecule has 2 rings (SSSR count). The number of anilines is 1. The Labute approximate surface area is 153 Å². The lowest BCUT2D eigenvalue weighted by Gasteiger charge is -2.10. The molecule has 0 saturated carbocycles. The van der Waals surface area contributed by atoms with Crippen LogP contribution in [-0.4, -0.2) is 36.8 Å². The van der Waals surface area contributed by atoms with E-state index in [1.165, 1.54) is 18.2 Å². The fourth-order valence-electron chi connectivity index (χ4n) is 1.78. The Morgan fingerprint density at radius 3 is 2.42 bits per heavy atom.